The number of carboxylic acids is 1. The van der Waals surface area contributed by atoms with E-state index >= 15 is 0 Å². The van der Waals surface area contributed by atoms with Gasteiger partial charge in [0.25, 0.3) is 5.91 Å². The van der Waals surface area contributed by atoms with Crippen LogP contribution in [0.25, 0.3) is 0 Å². The number of nitrogens with one attached hydrogen (secondary N) is 1. The molecule has 0 aliphatic carbocycles. The molecular weight excluding hydrogens is 294 g/mol. The van der Waals surface area contributed by atoms with Gasteiger partial charge in [0.15, 0.2) is 11.0 Å². The normalized spacial score (nSPS) is 13.0. The predicted octanol–water partition coefficient (Wildman–Crippen LogP) is 3.58. The second-order valence-corrected chi connectivity index (χ2v) is 6.52. The maximum atomic E-state index is 11.8. The van der Waals surface area contributed by atoms with E-state index < -0.39 is 5.97 Å². The summed E-state index contributed by atoms with van der Waals surface area (Å²) in [6.07, 6.45) is 1.46. The molecule has 0 fully saturated rings. The Morgan fingerprint density at radius 3 is 2.48 bits per heavy atom. The van der Waals surface area contributed by atoms with E-state index in [-0.39, 0.29) is 34.6 Å². The maximum absolute atomic E-state index is 11.8. The summed E-state index contributed by atoms with van der Waals surface area (Å²) in [5, 5.41) is 11.7. The minimum Gasteiger partial charge on any atom is -0.481 e. The van der Waals surface area contributed by atoms with Crippen LogP contribution in [0, 0.1) is 11.3 Å². The molecule has 118 valence electrons. The molecule has 2 N–H and O–H groups in total. The van der Waals surface area contributed by atoms with Crippen molar-refractivity contribution in [3.8, 4) is 0 Å². The summed E-state index contributed by atoms with van der Waals surface area (Å²) in [7, 11) is 0. The van der Waals surface area contributed by atoms with Gasteiger partial charge in [0.2, 0.25) is 0 Å². The Morgan fingerprint density at radius 1 is 1.33 bits per heavy atom. The summed E-state index contributed by atoms with van der Waals surface area (Å²) in [6.45, 7) is 6.70. The number of rotatable bonds is 7. The highest BCUT2D eigenvalue weighted by Crippen LogP contribution is 2.32. The monoisotopic (exact) mass is 315 g/mol. The van der Waals surface area contributed by atoms with Gasteiger partial charge in [-0.3, -0.25) is 9.59 Å². The van der Waals surface area contributed by atoms with Gasteiger partial charge < -0.3 is 14.8 Å². The van der Waals surface area contributed by atoms with Crippen molar-refractivity contribution in [2.45, 2.75) is 40.0 Å². The topological polar surface area (TPSA) is 79.5 Å². The van der Waals surface area contributed by atoms with Gasteiger partial charge in [0.05, 0.1) is 0 Å². The number of carboxylic acid groups (broad SMARTS) is 1. The second kappa shape index (κ2) is 7.50. The summed E-state index contributed by atoms with van der Waals surface area (Å²) in [5.41, 5.74) is -0.00579. The van der Waals surface area contributed by atoms with Crippen LogP contribution in [0.2, 0.25) is 5.22 Å². The molecule has 21 heavy (non-hydrogen) atoms. The molecule has 1 aromatic heterocycles. The Hall–Kier alpha value is -1.49. The lowest BCUT2D eigenvalue weighted by atomic mass is 9.76. The molecular formula is C15H22ClNO4. The largest absolute Gasteiger partial charge is 0.481 e. The first-order chi connectivity index (χ1) is 9.70. The van der Waals surface area contributed by atoms with Crippen molar-refractivity contribution in [3.05, 3.63) is 23.1 Å². The summed E-state index contributed by atoms with van der Waals surface area (Å²) < 4.78 is 5.02. The van der Waals surface area contributed by atoms with Crippen LogP contribution in [0.1, 0.15) is 50.6 Å². The summed E-state index contributed by atoms with van der Waals surface area (Å²) >= 11 is 5.62. The number of furan rings is 1. The molecule has 1 rings (SSSR count). The van der Waals surface area contributed by atoms with Gasteiger partial charge in [-0.2, -0.15) is 0 Å². The van der Waals surface area contributed by atoms with Crippen LogP contribution < -0.4 is 5.32 Å². The van der Waals surface area contributed by atoms with Gasteiger partial charge >= 0.3 is 5.97 Å². The lowest BCUT2D eigenvalue weighted by Crippen LogP contribution is -2.29. The molecule has 0 saturated heterocycles. The number of hydrogen-bond donors (Lipinski definition) is 2. The third kappa shape index (κ3) is 6.21. The first kappa shape index (κ1) is 17.6. The Labute approximate surface area is 129 Å². The lowest BCUT2D eigenvalue weighted by Gasteiger charge is -2.30. The summed E-state index contributed by atoms with van der Waals surface area (Å²) in [5.74, 6) is -0.710. The minimum atomic E-state index is -0.793. The third-order valence-electron chi connectivity index (χ3n) is 3.51. The predicted molar refractivity (Wildman–Crippen MR) is 80.5 cm³/mol. The quantitative estimate of drug-likeness (QED) is 0.806. The molecule has 5 nitrogen and oxygen atoms in total. The Bertz CT molecular complexity index is 490. The molecule has 1 unspecified atom stereocenters. The number of amides is 1. The molecule has 1 amide bonds. The number of carbonyl (C=O) groups is 2. The lowest BCUT2D eigenvalue weighted by molar-refractivity contribution is -0.137. The molecule has 0 aliphatic heterocycles. The minimum absolute atomic E-state index is 0.00579. The molecule has 0 saturated carbocycles. The van der Waals surface area contributed by atoms with Crippen LogP contribution in [-0.4, -0.2) is 23.5 Å². The van der Waals surface area contributed by atoms with Gasteiger partial charge in [-0.1, -0.05) is 20.8 Å². The third-order valence-corrected chi connectivity index (χ3v) is 3.71. The van der Waals surface area contributed by atoms with E-state index in [1.165, 1.54) is 12.1 Å². The second-order valence-electron chi connectivity index (χ2n) is 6.14. The standard InChI is InChI=1S/C15H22ClNO4/c1-15(2,3)10(4-7-13(18)19)8-9-17-14(20)11-5-6-12(16)21-11/h5-6,10H,4,7-9H2,1-3H3,(H,17,20)(H,18,19). The van der Waals surface area contributed by atoms with E-state index in [1.54, 1.807) is 0 Å². The molecule has 0 bridgehead atoms. The fourth-order valence-corrected chi connectivity index (χ4v) is 2.34. The Kier molecular flexibility index (Phi) is 6.27. The molecule has 6 heteroatoms. The van der Waals surface area contributed by atoms with E-state index in [9.17, 15) is 9.59 Å². The highest BCUT2D eigenvalue weighted by atomic mass is 35.5. The van der Waals surface area contributed by atoms with Crippen LogP contribution in [0.4, 0.5) is 0 Å². The average molecular weight is 316 g/mol. The molecule has 1 atom stereocenters. The number of halogens is 1. The van der Waals surface area contributed by atoms with Gasteiger partial charge in [0.1, 0.15) is 0 Å². The van der Waals surface area contributed by atoms with E-state index in [0.717, 1.165) is 6.42 Å². The van der Waals surface area contributed by atoms with Crippen molar-refractivity contribution in [2.75, 3.05) is 6.54 Å². The fraction of sp³-hybridized carbons (Fsp3) is 0.600. The van der Waals surface area contributed by atoms with Crippen LogP contribution in [0.15, 0.2) is 16.5 Å². The Balaban J connectivity index is 2.46. The zero-order valence-corrected chi connectivity index (χ0v) is 13.4. The van der Waals surface area contributed by atoms with Gasteiger partial charge in [0, 0.05) is 13.0 Å². The SMILES string of the molecule is CC(C)(C)C(CCNC(=O)c1ccc(Cl)o1)CCC(=O)O. The molecule has 0 radical (unpaired) electrons. The summed E-state index contributed by atoms with van der Waals surface area (Å²) in [6, 6.07) is 3.03. The van der Waals surface area contributed by atoms with Crippen LogP contribution in [-0.2, 0) is 4.79 Å². The maximum Gasteiger partial charge on any atom is 0.303 e. The highest BCUT2D eigenvalue weighted by molar-refractivity contribution is 6.29. The highest BCUT2D eigenvalue weighted by Gasteiger charge is 2.25. The van der Waals surface area contributed by atoms with Gasteiger partial charge in [-0.25, -0.2) is 0 Å². The fourth-order valence-electron chi connectivity index (χ4n) is 2.19. The van der Waals surface area contributed by atoms with Crippen molar-refractivity contribution >= 4 is 23.5 Å². The van der Waals surface area contributed by atoms with Crippen LogP contribution >= 0.6 is 11.6 Å². The van der Waals surface area contributed by atoms with Crippen molar-refractivity contribution in [3.63, 3.8) is 0 Å². The van der Waals surface area contributed by atoms with Crippen molar-refractivity contribution in [1.82, 2.24) is 5.32 Å². The van der Waals surface area contributed by atoms with Crippen molar-refractivity contribution < 1.29 is 19.1 Å². The molecule has 0 aliphatic rings. The summed E-state index contributed by atoms with van der Waals surface area (Å²) in [4.78, 5) is 22.5. The number of hydrogen-bond acceptors (Lipinski definition) is 3. The Morgan fingerprint density at radius 2 is 2.00 bits per heavy atom. The average Bonchev–Trinajstić information content (AvgIpc) is 2.78. The van der Waals surface area contributed by atoms with E-state index in [1.807, 2.05) is 0 Å². The number of aliphatic carboxylic acids is 1. The van der Waals surface area contributed by atoms with Crippen molar-refractivity contribution in [2.24, 2.45) is 11.3 Å². The molecule has 1 heterocycles. The van der Waals surface area contributed by atoms with Gasteiger partial charge in [-0.15, -0.1) is 0 Å². The van der Waals surface area contributed by atoms with E-state index in [0.29, 0.717) is 13.0 Å². The van der Waals surface area contributed by atoms with E-state index in [4.69, 9.17) is 21.1 Å². The smallest absolute Gasteiger partial charge is 0.303 e. The van der Waals surface area contributed by atoms with Crippen LogP contribution in [0.5, 0.6) is 0 Å². The van der Waals surface area contributed by atoms with Crippen molar-refractivity contribution in [1.29, 1.82) is 0 Å². The molecule has 0 spiro atoms. The number of carbonyl (C=O) groups excluding carboxylic acids is 1. The van der Waals surface area contributed by atoms with E-state index in [2.05, 4.69) is 26.1 Å². The zero-order chi connectivity index (χ0) is 16.0. The zero-order valence-electron chi connectivity index (χ0n) is 12.6. The van der Waals surface area contributed by atoms with Gasteiger partial charge in [-0.05, 0) is 47.9 Å². The molecule has 1 aromatic rings. The molecule has 0 aromatic carbocycles. The first-order valence-corrected chi connectivity index (χ1v) is 7.33. The van der Waals surface area contributed by atoms with Crippen LogP contribution in [0.3, 0.4) is 0 Å². The first-order valence-electron chi connectivity index (χ1n) is 6.95.